The Morgan fingerprint density at radius 3 is 2.88 bits per heavy atom. The van der Waals surface area contributed by atoms with Crippen molar-refractivity contribution < 1.29 is 5.11 Å². The van der Waals surface area contributed by atoms with Crippen LogP contribution in [0.4, 0.5) is 0 Å². The number of nitrogens with one attached hydrogen (secondary N) is 3. The number of nitrogens with two attached hydrogens (primary N) is 2. The summed E-state index contributed by atoms with van der Waals surface area (Å²) in [7, 11) is 1.75. The zero-order valence-electron chi connectivity index (χ0n) is 9.62. The van der Waals surface area contributed by atoms with Crippen LogP contribution in [0.25, 0.3) is 0 Å². The molecule has 0 saturated heterocycles. The van der Waals surface area contributed by atoms with E-state index in [9.17, 15) is 0 Å². The van der Waals surface area contributed by atoms with E-state index in [0.29, 0.717) is 30.3 Å². The Morgan fingerprint density at radius 2 is 2.31 bits per heavy atom. The van der Waals surface area contributed by atoms with E-state index < -0.39 is 6.29 Å². The number of aliphatic hydroxyl groups is 1. The van der Waals surface area contributed by atoms with E-state index in [0.717, 1.165) is 0 Å². The third-order valence-corrected chi connectivity index (χ3v) is 2.18. The van der Waals surface area contributed by atoms with Crippen molar-refractivity contribution in [1.29, 1.82) is 0 Å². The molecule has 0 bridgehead atoms. The van der Waals surface area contributed by atoms with Crippen molar-refractivity contribution in [2.45, 2.75) is 25.7 Å². The van der Waals surface area contributed by atoms with Crippen LogP contribution in [0.1, 0.15) is 13.3 Å². The third-order valence-electron chi connectivity index (χ3n) is 2.18. The second kappa shape index (κ2) is 5.57. The van der Waals surface area contributed by atoms with Gasteiger partial charge >= 0.3 is 0 Å². The standard InChI is InChI=1S/C9H20N6O/c1-5(16)3-4-13-6-7(10)14-9(11)15-8(6)12-2/h5,9,13-14,16H,3-4,10-11H2,1-2H3,(H,12,15). The summed E-state index contributed by atoms with van der Waals surface area (Å²) in [5, 5.41) is 18.0. The number of likely N-dealkylation sites (N-methyl/N-ethyl adjacent to an activating group) is 1. The van der Waals surface area contributed by atoms with Gasteiger partial charge in [-0.15, -0.1) is 0 Å². The van der Waals surface area contributed by atoms with E-state index in [2.05, 4.69) is 20.9 Å². The molecule has 0 aromatic carbocycles. The normalized spacial score (nSPS) is 22.2. The number of amidine groups is 1. The molecule has 8 N–H and O–H groups in total. The molecule has 1 heterocycles. The lowest BCUT2D eigenvalue weighted by atomic mass is 10.2. The van der Waals surface area contributed by atoms with Gasteiger partial charge in [0, 0.05) is 13.6 Å². The van der Waals surface area contributed by atoms with E-state index in [1.54, 1.807) is 14.0 Å². The molecule has 1 aliphatic rings. The molecular formula is C9H20N6O. The SMILES string of the molecule is CNC1=NC(N)NC(N)=C1NCCC(C)O. The van der Waals surface area contributed by atoms with Crippen LogP contribution < -0.4 is 27.4 Å². The Morgan fingerprint density at radius 1 is 1.62 bits per heavy atom. The quantitative estimate of drug-likeness (QED) is 0.329. The number of rotatable bonds is 4. The molecule has 0 amide bonds. The van der Waals surface area contributed by atoms with Crippen LogP contribution in [0.2, 0.25) is 0 Å². The van der Waals surface area contributed by atoms with Crippen molar-refractivity contribution in [2.75, 3.05) is 13.6 Å². The average Bonchev–Trinajstić information content (AvgIpc) is 2.20. The van der Waals surface area contributed by atoms with Crippen LogP contribution in [-0.2, 0) is 0 Å². The van der Waals surface area contributed by atoms with Crippen LogP contribution in [-0.4, -0.2) is 36.9 Å². The molecule has 0 saturated carbocycles. The summed E-state index contributed by atoms with van der Waals surface area (Å²) in [6.07, 6.45) is -0.229. The molecule has 0 aromatic heterocycles. The van der Waals surface area contributed by atoms with Crippen molar-refractivity contribution in [3.05, 3.63) is 11.5 Å². The van der Waals surface area contributed by atoms with E-state index in [-0.39, 0.29) is 6.10 Å². The smallest absolute Gasteiger partial charge is 0.174 e. The first-order chi connectivity index (χ1) is 7.54. The van der Waals surface area contributed by atoms with E-state index >= 15 is 0 Å². The van der Waals surface area contributed by atoms with Crippen molar-refractivity contribution in [3.63, 3.8) is 0 Å². The minimum atomic E-state index is -0.523. The molecule has 7 nitrogen and oxygen atoms in total. The van der Waals surface area contributed by atoms with Gasteiger partial charge in [-0.1, -0.05) is 0 Å². The highest BCUT2D eigenvalue weighted by Gasteiger charge is 2.18. The van der Waals surface area contributed by atoms with Crippen molar-refractivity contribution in [3.8, 4) is 0 Å². The monoisotopic (exact) mass is 228 g/mol. The van der Waals surface area contributed by atoms with Gasteiger partial charge in [-0.25, -0.2) is 4.99 Å². The molecule has 2 unspecified atom stereocenters. The van der Waals surface area contributed by atoms with Crippen molar-refractivity contribution in [1.82, 2.24) is 16.0 Å². The summed E-state index contributed by atoms with van der Waals surface area (Å²) in [5.41, 5.74) is 12.1. The molecule has 0 aromatic rings. The first-order valence-electron chi connectivity index (χ1n) is 5.24. The maximum absolute atomic E-state index is 9.14. The summed E-state index contributed by atoms with van der Waals surface area (Å²) in [6.45, 7) is 2.35. The summed E-state index contributed by atoms with van der Waals surface area (Å²) in [4.78, 5) is 4.14. The summed E-state index contributed by atoms with van der Waals surface area (Å²) in [5.74, 6) is 1.08. The molecule has 16 heavy (non-hydrogen) atoms. The fourth-order valence-corrected chi connectivity index (χ4v) is 1.37. The Bertz CT molecular complexity index is 298. The van der Waals surface area contributed by atoms with Gasteiger partial charge in [-0.2, -0.15) is 0 Å². The summed E-state index contributed by atoms with van der Waals surface area (Å²) in [6, 6.07) is 0. The molecular weight excluding hydrogens is 208 g/mol. The highest BCUT2D eigenvalue weighted by atomic mass is 16.3. The largest absolute Gasteiger partial charge is 0.393 e. The Hall–Kier alpha value is -1.47. The lowest BCUT2D eigenvalue weighted by Crippen LogP contribution is -2.48. The van der Waals surface area contributed by atoms with Crippen LogP contribution in [0.3, 0.4) is 0 Å². The van der Waals surface area contributed by atoms with Gasteiger partial charge in [0.15, 0.2) is 12.1 Å². The molecule has 0 fully saturated rings. The fourth-order valence-electron chi connectivity index (χ4n) is 1.37. The zero-order chi connectivity index (χ0) is 12.1. The molecule has 0 aliphatic carbocycles. The Labute approximate surface area is 95.0 Å². The first-order valence-corrected chi connectivity index (χ1v) is 5.24. The second-order valence-corrected chi connectivity index (χ2v) is 3.67. The second-order valence-electron chi connectivity index (χ2n) is 3.67. The Kier molecular flexibility index (Phi) is 4.39. The Balaban J connectivity index is 2.62. The topological polar surface area (TPSA) is 121 Å². The maximum atomic E-state index is 9.14. The van der Waals surface area contributed by atoms with Crippen LogP contribution in [0.5, 0.6) is 0 Å². The predicted octanol–water partition coefficient (Wildman–Crippen LogP) is -2.06. The lowest BCUT2D eigenvalue weighted by Gasteiger charge is -2.24. The van der Waals surface area contributed by atoms with Crippen LogP contribution in [0, 0.1) is 0 Å². The van der Waals surface area contributed by atoms with Gasteiger partial charge in [0.05, 0.1) is 6.10 Å². The summed E-state index contributed by atoms with van der Waals surface area (Å²) >= 11 is 0. The van der Waals surface area contributed by atoms with Gasteiger partial charge in [0.2, 0.25) is 0 Å². The fraction of sp³-hybridized carbons (Fsp3) is 0.667. The third kappa shape index (κ3) is 3.28. The van der Waals surface area contributed by atoms with Crippen molar-refractivity contribution in [2.24, 2.45) is 16.5 Å². The number of hydrogen-bond donors (Lipinski definition) is 6. The molecule has 7 heteroatoms. The molecule has 2 atom stereocenters. The highest BCUT2D eigenvalue weighted by molar-refractivity contribution is 5.98. The predicted molar refractivity (Wildman–Crippen MR) is 63.1 cm³/mol. The number of hydrogen-bond acceptors (Lipinski definition) is 7. The van der Waals surface area contributed by atoms with E-state index in [1.807, 2.05) is 0 Å². The van der Waals surface area contributed by atoms with E-state index in [4.69, 9.17) is 16.6 Å². The number of aliphatic hydroxyl groups excluding tert-OH is 1. The first kappa shape index (κ1) is 12.6. The van der Waals surface area contributed by atoms with Gasteiger partial charge in [0.25, 0.3) is 0 Å². The molecule has 1 aliphatic heterocycles. The van der Waals surface area contributed by atoms with Gasteiger partial charge in [0.1, 0.15) is 11.5 Å². The molecule has 0 spiro atoms. The molecule has 0 radical (unpaired) electrons. The van der Waals surface area contributed by atoms with Gasteiger partial charge in [-0.3, -0.25) is 5.73 Å². The number of aliphatic imine (C=N–C) groups is 1. The molecule has 92 valence electrons. The minimum Gasteiger partial charge on any atom is -0.393 e. The van der Waals surface area contributed by atoms with Gasteiger partial charge in [-0.05, 0) is 13.3 Å². The highest BCUT2D eigenvalue weighted by Crippen LogP contribution is 2.02. The lowest BCUT2D eigenvalue weighted by molar-refractivity contribution is 0.185. The van der Waals surface area contributed by atoms with Crippen molar-refractivity contribution >= 4 is 5.84 Å². The zero-order valence-corrected chi connectivity index (χ0v) is 9.62. The molecule has 1 rings (SSSR count). The number of nitrogens with zero attached hydrogens (tertiary/aromatic N) is 1. The van der Waals surface area contributed by atoms with Crippen LogP contribution >= 0.6 is 0 Å². The van der Waals surface area contributed by atoms with Crippen LogP contribution in [0.15, 0.2) is 16.5 Å². The van der Waals surface area contributed by atoms with E-state index in [1.165, 1.54) is 0 Å². The van der Waals surface area contributed by atoms with Gasteiger partial charge < -0.3 is 26.8 Å². The maximum Gasteiger partial charge on any atom is 0.174 e. The summed E-state index contributed by atoms with van der Waals surface area (Å²) < 4.78 is 0. The average molecular weight is 228 g/mol. The minimum absolute atomic E-state index is 0.344.